The van der Waals surface area contributed by atoms with Gasteiger partial charge in [-0.1, -0.05) is 6.07 Å². The topological polar surface area (TPSA) is 73.2 Å². The van der Waals surface area contributed by atoms with Gasteiger partial charge in [0.25, 0.3) is 5.91 Å². The van der Waals surface area contributed by atoms with Gasteiger partial charge in [-0.15, -0.1) is 0 Å². The number of hydrazone groups is 1. The average molecular weight is 497 g/mol. The van der Waals surface area contributed by atoms with Gasteiger partial charge in [-0.2, -0.15) is 31.4 Å². The number of anilines is 2. The number of rotatable bonds is 4. The molecule has 0 aromatic heterocycles. The summed E-state index contributed by atoms with van der Waals surface area (Å²) in [5.41, 5.74) is -0.790. The molecule has 1 N–H and O–H groups in total. The first-order valence-electron chi connectivity index (χ1n) is 10.3. The van der Waals surface area contributed by atoms with Gasteiger partial charge in [0.15, 0.2) is 5.71 Å². The molecule has 0 saturated carbocycles. The number of nitrogens with zero attached hydrogens (tertiary/aromatic N) is 3. The highest BCUT2D eigenvalue weighted by Gasteiger charge is 2.46. The number of carboxylic acids is 1. The van der Waals surface area contributed by atoms with E-state index in [-0.39, 0.29) is 10.6 Å². The van der Waals surface area contributed by atoms with E-state index in [1.54, 1.807) is 12.1 Å². The summed E-state index contributed by atoms with van der Waals surface area (Å²) in [5.74, 6) is -2.69. The molecule has 0 spiro atoms. The minimum Gasteiger partial charge on any atom is -0.480 e. The number of hydrogen-bond donors (Lipinski definition) is 1. The predicted molar refractivity (Wildman–Crippen MR) is 114 cm³/mol. The van der Waals surface area contributed by atoms with Gasteiger partial charge < -0.3 is 10.0 Å². The number of carbonyl (C=O) groups excluding carboxylic acids is 1. The van der Waals surface area contributed by atoms with Crippen LogP contribution in [0, 0.1) is 0 Å². The lowest BCUT2D eigenvalue weighted by Crippen LogP contribution is -2.28. The molecule has 0 aliphatic carbocycles. The van der Waals surface area contributed by atoms with Crippen molar-refractivity contribution >= 4 is 35.0 Å². The SMILES string of the molecule is O=C(O)CN1N=C(C(F)(F)F)/C(=C/c2ccc3c(c2)CCCN3c2ccc(C(F)(F)F)cc2)C1=O. The summed E-state index contributed by atoms with van der Waals surface area (Å²) in [4.78, 5) is 25.1. The maximum absolute atomic E-state index is 13.4. The predicted octanol–water partition coefficient (Wildman–Crippen LogP) is 5.02. The van der Waals surface area contributed by atoms with Crippen LogP contribution in [0.1, 0.15) is 23.1 Å². The van der Waals surface area contributed by atoms with Gasteiger partial charge in [0, 0.05) is 17.9 Å². The van der Waals surface area contributed by atoms with Gasteiger partial charge in [-0.25, -0.2) is 5.01 Å². The van der Waals surface area contributed by atoms with E-state index in [0.717, 1.165) is 23.8 Å². The van der Waals surface area contributed by atoms with Crippen LogP contribution in [0.25, 0.3) is 6.08 Å². The van der Waals surface area contributed by atoms with Gasteiger partial charge in [0.05, 0.1) is 11.1 Å². The largest absolute Gasteiger partial charge is 0.480 e. The van der Waals surface area contributed by atoms with Crippen LogP contribution >= 0.6 is 0 Å². The van der Waals surface area contributed by atoms with Crippen LogP contribution in [0.2, 0.25) is 0 Å². The lowest BCUT2D eigenvalue weighted by molar-refractivity contribution is -0.142. The summed E-state index contributed by atoms with van der Waals surface area (Å²) in [7, 11) is 0. The van der Waals surface area contributed by atoms with Crippen molar-refractivity contribution in [2.45, 2.75) is 25.2 Å². The molecule has 12 heteroatoms. The number of carbonyl (C=O) groups is 2. The zero-order valence-electron chi connectivity index (χ0n) is 17.8. The molecular weight excluding hydrogens is 480 g/mol. The van der Waals surface area contributed by atoms with Crippen molar-refractivity contribution in [1.82, 2.24) is 5.01 Å². The number of hydrogen-bond acceptors (Lipinski definition) is 4. The highest BCUT2D eigenvalue weighted by molar-refractivity contribution is 6.29. The smallest absolute Gasteiger partial charge is 0.435 e. The van der Waals surface area contributed by atoms with Crippen molar-refractivity contribution in [3.63, 3.8) is 0 Å². The Morgan fingerprint density at radius 2 is 1.71 bits per heavy atom. The fourth-order valence-electron chi connectivity index (χ4n) is 4.01. The second-order valence-electron chi connectivity index (χ2n) is 7.95. The average Bonchev–Trinajstić information content (AvgIpc) is 3.08. The zero-order valence-corrected chi connectivity index (χ0v) is 17.8. The molecule has 184 valence electrons. The second kappa shape index (κ2) is 8.75. The van der Waals surface area contributed by atoms with Crippen LogP contribution in [-0.2, 0) is 22.2 Å². The van der Waals surface area contributed by atoms with Gasteiger partial charge in [-0.05, 0) is 66.4 Å². The van der Waals surface area contributed by atoms with Crippen molar-refractivity contribution in [3.8, 4) is 0 Å². The van der Waals surface area contributed by atoms with Crippen LogP contribution < -0.4 is 4.90 Å². The number of aliphatic carboxylic acids is 1. The molecule has 0 radical (unpaired) electrons. The number of amides is 1. The van der Waals surface area contributed by atoms with E-state index in [1.807, 2.05) is 4.90 Å². The molecule has 0 saturated heterocycles. The molecule has 0 fully saturated rings. The molecule has 0 unspecified atom stereocenters. The van der Waals surface area contributed by atoms with E-state index < -0.39 is 47.6 Å². The van der Waals surface area contributed by atoms with Crippen LogP contribution in [0.5, 0.6) is 0 Å². The molecular formula is C23H17F6N3O3. The fraction of sp³-hybridized carbons (Fsp3) is 0.261. The molecule has 2 aromatic carbocycles. The van der Waals surface area contributed by atoms with E-state index in [1.165, 1.54) is 18.2 Å². The number of benzene rings is 2. The van der Waals surface area contributed by atoms with Crippen molar-refractivity contribution in [3.05, 3.63) is 64.7 Å². The van der Waals surface area contributed by atoms with Crippen LogP contribution in [0.15, 0.2) is 53.1 Å². The molecule has 2 heterocycles. The molecule has 35 heavy (non-hydrogen) atoms. The lowest BCUT2D eigenvalue weighted by atomic mass is 9.97. The van der Waals surface area contributed by atoms with Crippen molar-refractivity contribution in [2.24, 2.45) is 5.10 Å². The van der Waals surface area contributed by atoms with E-state index >= 15 is 0 Å². The second-order valence-corrected chi connectivity index (χ2v) is 7.95. The molecule has 1 amide bonds. The third kappa shape index (κ3) is 5.00. The first-order valence-corrected chi connectivity index (χ1v) is 10.3. The molecule has 4 rings (SSSR count). The Hall–Kier alpha value is -3.83. The summed E-state index contributed by atoms with van der Waals surface area (Å²) < 4.78 is 78.9. The van der Waals surface area contributed by atoms with Gasteiger partial charge >= 0.3 is 18.3 Å². The number of halogens is 6. The van der Waals surface area contributed by atoms with E-state index in [9.17, 15) is 35.9 Å². The molecule has 6 nitrogen and oxygen atoms in total. The van der Waals surface area contributed by atoms with Crippen LogP contribution in [0.3, 0.4) is 0 Å². The Labute approximate surface area is 194 Å². The van der Waals surface area contributed by atoms with E-state index in [2.05, 4.69) is 5.10 Å². The van der Waals surface area contributed by atoms with E-state index in [0.29, 0.717) is 30.8 Å². The number of carboxylic acid groups (broad SMARTS) is 1. The van der Waals surface area contributed by atoms with Gasteiger partial charge in [0.1, 0.15) is 6.54 Å². The maximum atomic E-state index is 13.4. The maximum Gasteiger partial charge on any atom is 0.435 e. The van der Waals surface area contributed by atoms with Gasteiger partial charge in [-0.3, -0.25) is 9.59 Å². The van der Waals surface area contributed by atoms with Crippen LogP contribution in [0.4, 0.5) is 37.7 Å². The Bertz CT molecular complexity index is 1230. The summed E-state index contributed by atoms with van der Waals surface area (Å²) in [6.45, 7) is -0.478. The molecule has 2 aromatic rings. The first kappa shape index (κ1) is 24.3. The highest BCUT2D eigenvalue weighted by Crippen LogP contribution is 2.37. The van der Waals surface area contributed by atoms with Crippen molar-refractivity contribution in [1.29, 1.82) is 0 Å². The molecule has 0 bridgehead atoms. The third-order valence-corrected chi connectivity index (χ3v) is 5.53. The molecule has 0 atom stereocenters. The lowest BCUT2D eigenvalue weighted by Gasteiger charge is -2.32. The van der Waals surface area contributed by atoms with Crippen LogP contribution in [-0.4, -0.2) is 47.0 Å². The summed E-state index contributed by atoms with van der Waals surface area (Å²) in [6, 6.07) is 9.37. The summed E-state index contributed by atoms with van der Waals surface area (Å²) >= 11 is 0. The Kier molecular flexibility index (Phi) is 6.07. The summed E-state index contributed by atoms with van der Waals surface area (Å²) in [5, 5.41) is 12.3. The zero-order chi connectivity index (χ0) is 25.5. The molecule has 2 aliphatic rings. The number of aryl methyl sites for hydroxylation is 1. The third-order valence-electron chi connectivity index (χ3n) is 5.53. The Balaban J connectivity index is 1.66. The molecule has 2 aliphatic heterocycles. The van der Waals surface area contributed by atoms with Crippen molar-refractivity contribution in [2.75, 3.05) is 18.0 Å². The quantitative estimate of drug-likeness (QED) is 0.476. The normalized spacial score (nSPS) is 17.6. The highest BCUT2D eigenvalue weighted by atomic mass is 19.4. The first-order chi connectivity index (χ1) is 16.3. The Morgan fingerprint density at radius 3 is 2.31 bits per heavy atom. The standard InChI is InChI=1S/C23H17F6N3O3/c24-22(25,26)15-4-6-16(7-5-15)31-9-1-2-14-10-13(3-8-18(14)31)11-17-20(23(27,28)29)30-32(21(17)35)12-19(33)34/h3-8,10-11H,1-2,9,12H2,(H,33,34)/b17-11-. The monoisotopic (exact) mass is 497 g/mol. The Morgan fingerprint density at radius 1 is 1.03 bits per heavy atom. The minimum atomic E-state index is -4.97. The number of fused-ring (bicyclic) bond motifs is 1. The fourth-order valence-corrected chi connectivity index (χ4v) is 4.01. The summed E-state index contributed by atoms with van der Waals surface area (Å²) in [6.07, 6.45) is -7.20. The van der Waals surface area contributed by atoms with E-state index in [4.69, 9.17) is 5.11 Å². The van der Waals surface area contributed by atoms with Gasteiger partial charge in [0.2, 0.25) is 0 Å². The van der Waals surface area contributed by atoms with Crippen molar-refractivity contribution < 1.29 is 41.0 Å². The number of alkyl halides is 6. The minimum absolute atomic E-state index is 0.252.